The van der Waals surface area contributed by atoms with Crippen molar-refractivity contribution in [2.75, 3.05) is 5.88 Å². The lowest BCUT2D eigenvalue weighted by atomic mass is 9.98. The van der Waals surface area contributed by atoms with Crippen LogP contribution in [0, 0.1) is 0 Å². The van der Waals surface area contributed by atoms with Crippen LogP contribution in [0.3, 0.4) is 0 Å². The predicted molar refractivity (Wildman–Crippen MR) is 168 cm³/mol. The van der Waals surface area contributed by atoms with Crippen LogP contribution in [-0.2, 0) is 4.79 Å². The van der Waals surface area contributed by atoms with Gasteiger partial charge in [-0.3, -0.25) is 4.79 Å². The molecule has 0 saturated carbocycles. The second-order valence-electron chi connectivity index (χ2n) is 9.92. The molecule has 2 aliphatic rings. The normalized spacial score (nSPS) is 12.0. The number of ether oxygens (including phenoxy) is 1. The zero-order valence-electron chi connectivity index (χ0n) is 22.1. The second-order valence-corrected chi connectivity index (χ2v) is 10.2. The van der Waals surface area contributed by atoms with Crippen molar-refractivity contribution in [3.63, 3.8) is 0 Å². The Morgan fingerprint density at radius 1 is 0.714 bits per heavy atom. The van der Waals surface area contributed by atoms with Crippen LogP contribution in [0.2, 0.25) is 0 Å². The summed E-state index contributed by atoms with van der Waals surface area (Å²) in [7, 11) is 0. The maximum absolute atomic E-state index is 11.7. The average molecular weight is 571 g/mol. The van der Waals surface area contributed by atoms with E-state index in [-0.39, 0.29) is 11.6 Å². The number of carbonyl (C=O) groups excluding carboxylic acids is 1. The topological polar surface area (TPSA) is 104 Å². The number of hydrogen-bond donors (Lipinski definition) is 3. The monoisotopic (exact) mass is 570 g/mol. The van der Waals surface area contributed by atoms with Crippen molar-refractivity contribution < 1.29 is 14.6 Å². The Morgan fingerprint density at radius 2 is 1.33 bits per heavy atom. The fourth-order valence-electron chi connectivity index (χ4n) is 5.12. The maximum atomic E-state index is 11.7. The predicted octanol–water partition coefficient (Wildman–Crippen LogP) is 7.84. The van der Waals surface area contributed by atoms with Gasteiger partial charge in [0.05, 0.1) is 28.3 Å². The van der Waals surface area contributed by atoms with E-state index in [0.717, 1.165) is 67.1 Å². The summed E-state index contributed by atoms with van der Waals surface area (Å²) in [4.78, 5) is 28.5. The number of phenols is 1. The van der Waals surface area contributed by atoms with Gasteiger partial charge in [0.15, 0.2) is 0 Å². The molecule has 2 aliphatic heterocycles. The van der Waals surface area contributed by atoms with Crippen LogP contribution in [0.15, 0.2) is 84.9 Å². The van der Waals surface area contributed by atoms with E-state index in [1.807, 2.05) is 78.9 Å². The van der Waals surface area contributed by atoms with Crippen molar-refractivity contribution in [1.29, 1.82) is 0 Å². The lowest BCUT2D eigenvalue weighted by Crippen LogP contribution is -2.08. The lowest BCUT2D eigenvalue weighted by molar-refractivity contribution is -0.131. The van der Waals surface area contributed by atoms with Crippen molar-refractivity contribution in [2.45, 2.75) is 0 Å². The molecule has 0 unspecified atom stereocenters. The fraction of sp³-hybridized carbons (Fsp3) is 0.0294. The van der Waals surface area contributed by atoms with Gasteiger partial charge in [-0.2, -0.15) is 0 Å². The summed E-state index contributed by atoms with van der Waals surface area (Å²) in [6.07, 6.45) is 7.95. The molecule has 0 amide bonds. The molecule has 42 heavy (non-hydrogen) atoms. The van der Waals surface area contributed by atoms with E-state index in [1.165, 1.54) is 0 Å². The van der Waals surface area contributed by atoms with Crippen molar-refractivity contribution in [1.82, 2.24) is 19.9 Å². The van der Waals surface area contributed by atoms with E-state index in [2.05, 4.69) is 16.0 Å². The highest BCUT2D eigenvalue weighted by molar-refractivity contribution is 6.26. The Hall–Kier alpha value is -5.40. The highest BCUT2D eigenvalue weighted by Crippen LogP contribution is 2.37. The van der Waals surface area contributed by atoms with Gasteiger partial charge < -0.3 is 19.8 Å². The van der Waals surface area contributed by atoms with Crippen molar-refractivity contribution in [3.05, 3.63) is 108 Å². The number of fused-ring (bicyclic) bond motifs is 8. The van der Waals surface area contributed by atoms with Crippen LogP contribution >= 0.6 is 11.6 Å². The third-order valence-electron chi connectivity index (χ3n) is 6.99. The number of aromatic nitrogens is 4. The summed E-state index contributed by atoms with van der Waals surface area (Å²) in [5.41, 5.74) is 10.4. The molecule has 8 bridgehead atoms. The van der Waals surface area contributed by atoms with Crippen LogP contribution in [0.5, 0.6) is 11.5 Å². The highest BCUT2D eigenvalue weighted by atomic mass is 35.5. The summed E-state index contributed by atoms with van der Waals surface area (Å²) in [5, 5.41) is 10.0. The molecular weight excluding hydrogens is 548 g/mol. The Kier molecular flexibility index (Phi) is 6.41. The van der Waals surface area contributed by atoms with Gasteiger partial charge in [0, 0.05) is 27.7 Å². The van der Waals surface area contributed by atoms with Gasteiger partial charge in [-0.15, -0.1) is 11.6 Å². The highest BCUT2D eigenvalue weighted by Gasteiger charge is 2.16. The number of alkyl halides is 1. The lowest BCUT2D eigenvalue weighted by Gasteiger charge is -2.08. The number of esters is 1. The first-order valence-electron chi connectivity index (χ1n) is 13.3. The number of rotatable bonds is 4. The van der Waals surface area contributed by atoms with Crippen molar-refractivity contribution in [2.24, 2.45) is 0 Å². The number of H-pyrrole nitrogens is 2. The molecule has 204 valence electrons. The molecular formula is C34H23ClN4O3. The number of aromatic amines is 2. The third-order valence-corrected chi connectivity index (χ3v) is 7.21. The Bertz CT molecular complexity index is 2070. The number of nitrogens with zero attached hydrogens (tertiary/aromatic N) is 2. The number of phenolic OH excluding ortho intramolecular Hbond substituents is 1. The van der Waals surface area contributed by atoms with E-state index in [1.54, 1.807) is 24.3 Å². The van der Waals surface area contributed by atoms with E-state index >= 15 is 0 Å². The summed E-state index contributed by atoms with van der Waals surface area (Å²) < 4.78 is 5.28. The van der Waals surface area contributed by atoms with Crippen LogP contribution in [0.25, 0.3) is 68.6 Å². The Balaban J connectivity index is 1.55. The van der Waals surface area contributed by atoms with Gasteiger partial charge in [-0.05, 0) is 96.1 Å². The van der Waals surface area contributed by atoms with Crippen LogP contribution in [0.1, 0.15) is 22.8 Å². The third kappa shape index (κ3) is 5.09. The summed E-state index contributed by atoms with van der Waals surface area (Å²) >= 11 is 5.61. The van der Waals surface area contributed by atoms with Gasteiger partial charge in [-0.25, -0.2) is 9.97 Å². The molecule has 0 aliphatic carbocycles. The quantitative estimate of drug-likeness (QED) is 0.114. The molecule has 0 atom stereocenters. The second kappa shape index (κ2) is 10.5. The van der Waals surface area contributed by atoms with Gasteiger partial charge in [0.1, 0.15) is 17.4 Å². The van der Waals surface area contributed by atoms with Crippen LogP contribution in [0.4, 0.5) is 0 Å². The summed E-state index contributed by atoms with van der Waals surface area (Å²) in [6.45, 7) is 0. The molecule has 0 radical (unpaired) electrons. The van der Waals surface area contributed by atoms with E-state index < -0.39 is 5.97 Å². The van der Waals surface area contributed by atoms with Gasteiger partial charge >= 0.3 is 5.97 Å². The van der Waals surface area contributed by atoms with Crippen molar-refractivity contribution in [3.8, 4) is 33.8 Å². The first-order valence-corrected chi connectivity index (χ1v) is 13.8. The molecule has 0 saturated heterocycles. The van der Waals surface area contributed by atoms with Crippen LogP contribution in [-0.4, -0.2) is 36.9 Å². The number of hydrogen-bond acceptors (Lipinski definition) is 5. The van der Waals surface area contributed by atoms with E-state index in [0.29, 0.717) is 5.75 Å². The van der Waals surface area contributed by atoms with Gasteiger partial charge in [-0.1, -0.05) is 24.3 Å². The first kappa shape index (κ1) is 25.6. The summed E-state index contributed by atoms with van der Waals surface area (Å²) in [6, 6.07) is 26.5. The van der Waals surface area contributed by atoms with Crippen molar-refractivity contribution >= 4 is 63.9 Å². The number of aromatic hydroxyl groups is 1. The molecule has 8 heteroatoms. The van der Waals surface area contributed by atoms with Crippen LogP contribution < -0.4 is 4.74 Å². The number of halogens is 1. The SMILES string of the molecule is O=C(CCl)Oc1ccc(-c2cc3cc4nc(cc5ccc(cc6nc(c(-c7ccc(O)cc7)c2[nH]3)C=C6)[nH]5)C=C4)cc1. The maximum Gasteiger partial charge on any atom is 0.326 e. The van der Waals surface area contributed by atoms with Gasteiger partial charge in [0.2, 0.25) is 0 Å². The minimum absolute atomic E-state index is 0.178. The number of nitrogens with one attached hydrogen (secondary N) is 2. The molecule has 3 N–H and O–H groups in total. The average Bonchev–Trinajstić information content (AvgIpc) is 3.80. The smallest absolute Gasteiger partial charge is 0.326 e. The first-order chi connectivity index (χ1) is 20.5. The molecule has 3 aromatic heterocycles. The van der Waals surface area contributed by atoms with E-state index in [4.69, 9.17) is 26.3 Å². The number of benzene rings is 2. The Labute approximate surface area is 245 Å². The molecule has 2 aromatic carbocycles. The zero-order chi connectivity index (χ0) is 28.6. The minimum Gasteiger partial charge on any atom is -0.508 e. The molecule has 0 spiro atoms. The fourth-order valence-corrected chi connectivity index (χ4v) is 5.17. The molecule has 5 heterocycles. The van der Waals surface area contributed by atoms with Gasteiger partial charge in [0.25, 0.3) is 0 Å². The minimum atomic E-state index is -0.514. The zero-order valence-corrected chi connectivity index (χ0v) is 22.9. The molecule has 5 aromatic rings. The summed E-state index contributed by atoms with van der Waals surface area (Å²) in [5.74, 6) is -0.145. The molecule has 7 nitrogen and oxygen atoms in total. The largest absolute Gasteiger partial charge is 0.508 e. The number of carbonyl (C=O) groups is 1. The molecule has 0 fully saturated rings. The standard InChI is InChI=1S/C34H23ClN4O3/c35-19-32(41)42-29-12-3-20(4-13-29)30-18-27-17-25-8-7-23(37-25)15-22-5-6-24(36-22)16-26-9-14-31(38-26)33(34(30)39-27)21-1-10-28(40)11-2-21/h1-18,36,39-40H,19H2. The Morgan fingerprint density at radius 3 is 2.02 bits per heavy atom. The van der Waals surface area contributed by atoms with E-state index in [9.17, 15) is 9.90 Å². The molecule has 7 rings (SSSR count).